The molecule has 0 amide bonds. The maximum Gasteiger partial charge on any atom is 0.0402 e. The van der Waals surface area contributed by atoms with Crippen molar-refractivity contribution in [2.24, 2.45) is 11.5 Å². The third kappa shape index (κ3) is 14300. The van der Waals surface area contributed by atoms with E-state index in [9.17, 15) is 0 Å². The van der Waals surface area contributed by atoms with Gasteiger partial charge in [-0.2, -0.15) is 0 Å². The third-order valence-electron chi connectivity index (χ3n) is 0. The molecule has 6 N–H and O–H groups in total. The highest BCUT2D eigenvalue weighted by atomic mass is 16.2. The van der Waals surface area contributed by atoms with Gasteiger partial charge in [-0.1, -0.05) is 6.92 Å². The lowest BCUT2D eigenvalue weighted by atomic mass is 10.8. The summed E-state index contributed by atoms with van der Waals surface area (Å²) in [6.07, 6.45) is 0. The van der Waals surface area contributed by atoms with Gasteiger partial charge in [0.25, 0.3) is 0 Å². The van der Waals surface area contributed by atoms with Gasteiger partial charge in [-0.3, -0.25) is 0 Å². The SMILES string of the molecule is CCN.CCO.CN.CO. The Morgan fingerprint density at radius 1 is 1.10 bits per heavy atom. The Balaban J connectivity index is -0.0000000246. The van der Waals surface area contributed by atoms with E-state index in [0.29, 0.717) is 0 Å². The van der Waals surface area contributed by atoms with Gasteiger partial charge in [0.05, 0.1) is 0 Å². The van der Waals surface area contributed by atoms with Crippen molar-refractivity contribution >= 4 is 0 Å². The molecule has 0 saturated carbocycles. The third-order valence-corrected chi connectivity index (χ3v) is 0. The van der Waals surface area contributed by atoms with Crippen LogP contribution in [-0.2, 0) is 0 Å². The van der Waals surface area contributed by atoms with Gasteiger partial charge in [0.2, 0.25) is 0 Å². The molecule has 0 atom stereocenters. The van der Waals surface area contributed by atoms with Crippen molar-refractivity contribution < 1.29 is 10.2 Å². The average molecular weight is 154 g/mol. The summed E-state index contributed by atoms with van der Waals surface area (Å²) in [5.41, 5.74) is 9.35. The van der Waals surface area contributed by atoms with Gasteiger partial charge in [0, 0.05) is 13.7 Å². The molecule has 0 heterocycles. The minimum Gasteiger partial charge on any atom is -0.400 e. The Bertz CT molecular complexity index is 15.7. The van der Waals surface area contributed by atoms with Crippen molar-refractivity contribution in [2.45, 2.75) is 13.8 Å². The fourth-order valence-electron chi connectivity index (χ4n) is 0. The first-order chi connectivity index (χ1) is 4.83. The largest absolute Gasteiger partial charge is 0.400 e. The van der Waals surface area contributed by atoms with E-state index in [1.807, 2.05) is 6.92 Å². The molecule has 0 spiro atoms. The summed E-state index contributed by atoms with van der Waals surface area (Å²) in [4.78, 5) is 0. The summed E-state index contributed by atoms with van der Waals surface area (Å²) in [5, 5.41) is 14.6. The van der Waals surface area contributed by atoms with Gasteiger partial charge in [-0.05, 0) is 20.5 Å². The molecule has 68 valence electrons. The van der Waals surface area contributed by atoms with E-state index in [4.69, 9.17) is 15.9 Å². The number of rotatable bonds is 0. The summed E-state index contributed by atoms with van der Waals surface area (Å²) in [7, 11) is 2.50. The molecule has 0 aromatic rings. The molecule has 0 fully saturated rings. The molecule has 0 radical (unpaired) electrons. The smallest absolute Gasteiger partial charge is 0.0402 e. The van der Waals surface area contributed by atoms with Crippen molar-refractivity contribution in [3.63, 3.8) is 0 Å². The molecule has 0 aliphatic carbocycles. The maximum absolute atomic E-state index is 7.57. The second-order valence-corrected chi connectivity index (χ2v) is 0.724. The standard InChI is InChI=1S/C2H7N.C2H6O.CH5N.CH4O/c2*1-2-3;2*1-2/h2-3H2,1H3;3H,2H2,1H3;2H2,1H3;2H,1H3. The Morgan fingerprint density at radius 2 is 1.10 bits per heavy atom. The molecule has 0 unspecified atom stereocenters. The molecular weight excluding hydrogens is 132 g/mol. The zero-order valence-corrected chi connectivity index (χ0v) is 7.46. The Kier molecular flexibility index (Phi) is 362. The van der Waals surface area contributed by atoms with Crippen LogP contribution in [0.1, 0.15) is 13.8 Å². The number of hydrogen-bond donors (Lipinski definition) is 4. The van der Waals surface area contributed by atoms with Gasteiger partial charge >= 0.3 is 0 Å². The zero-order chi connectivity index (χ0) is 9.41. The van der Waals surface area contributed by atoms with Crippen LogP contribution < -0.4 is 11.5 Å². The number of nitrogens with two attached hydrogens (primary N) is 2. The normalized spacial score (nSPS) is 4.80. The predicted molar refractivity (Wildman–Crippen MR) is 45.7 cm³/mol. The lowest BCUT2D eigenvalue weighted by molar-refractivity contribution is 0.318. The molecule has 0 aliphatic rings. The van der Waals surface area contributed by atoms with Crippen molar-refractivity contribution in [1.82, 2.24) is 0 Å². The van der Waals surface area contributed by atoms with Gasteiger partial charge in [0.1, 0.15) is 0 Å². The molecule has 0 bridgehead atoms. The van der Waals surface area contributed by atoms with E-state index in [1.165, 1.54) is 7.05 Å². The zero-order valence-electron chi connectivity index (χ0n) is 7.46. The van der Waals surface area contributed by atoms with Crippen molar-refractivity contribution in [3.8, 4) is 0 Å². The van der Waals surface area contributed by atoms with Crippen LogP contribution in [0.2, 0.25) is 0 Å². The average Bonchev–Trinajstić information content (AvgIpc) is 1.99. The Labute approximate surface area is 63.8 Å². The van der Waals surface area contributed by atoms with Crippen LogP contribution in [0.5, 0.6) is 0 Å². The Hall–Kier alpha value is -0.160. The van der Waals surface area contributed by atoms with Crippen LogP contribution >= 0.6 is 0 Å². The molecule has 0 rings (SSSR count). The van der Waals surface area contributed by atoms with Gasteiger partial charge in [0.15, 0.2) is 0 Å². The summed E-state index contributed by atoms with van der Waals surface area (Å²) >= 11 is 0. The highest BCUT2D eigenvalue weighted by Crippen LogP contribution is 1.30. The van der Waals surface area contributed by atoms with E-state index in [-0.39, 0.29) is 6.61 Å². The topological polar surface area (TPSA) is 92.5 Å². The fraction of sp³-hybridized carbons (Fsp3) is 1.00. The molecule has 0 aliphatic heterocycles. The monoisotopic (exact) mass is 154 g/mol. The van der Waals surface area contributed by atoms with Crippen molar-refractivity contribution in [1.29, 1.82) is 0 Å². The van der Waals surface area contributed by atoms with Crippen molar-refractivity contribution in [3.05, 3.63) is 0 Å². The van der Waals surface area contributed by atoms with Crippen LogP contribution in [-0.4, -0.2) is 37.5 Å². The van der Waals surface area contributed by atoms with E-state index in [2.05, 4.69) is 5.73 Å². The Morgan fingerprint density at radius 3 is 1.10 bits per heavy atom. The van der Waals surface area contributed by atoms with Crippen LogP contribution in [0.25, 0.3) is 0 Å². The van der Waals surface area contributed by atoms with Gasteiger partial charge in [-0.15, -0.1) is 0 Å². The quantitative estimate of drug-likeness (QED) is 0.365. The van der Waals surface area contributed by atoms with Crippen molar-refractivity contribution in [2.75, 3.05) is 27.3 Å². The lowest BCUT2D eigenvalue weighted by Gasteiger charge is -1.53. The molecule has 0 aromatic carbocycles. The van der Waals surface area contributed by atoms with Crippen LogP contribution in [0.15, 0.2) is 0 Å². The van der Waals surface area contributed by atoms with Gasteiger partial charge in [-0.25, -0.2) is 0 Å². The second-order valence-electron chi connectivity index (χ2n) is 0.724. The van der Waals surface area contributed by atoms with E-state index in [0.717, 1.165) is 13.7 Å². The maximum atomic E-state index is 7.57. The summed E-state index contributed by atoms with van der Waals surface area (Å²) in [5.74, 6) is 0. The minimum atomic E-state index is 0.250. The number of aliphatic hydroxyl groups is 2. The first kappa shape index (κ1) is 22.5. The molecule has 0 saturated heterocycles. The van der Waals surface area contributed by atoms with E-state index < -0.39 is 0 Å². The predicted octanol–water partition coefficient (Wildman–Crippen LogP) is -0.853. The molecule has 4 nitrogen and oxygen atoms in total. The fourth-order valence-corrected chi connectivity index (χ4v) is 0. The lowest BCUT2D eigenvalue weighted by Crippen LogP contribution is -1.87. The molecule has 0 aromatic heterocycles. The van der Waals surface area contributed by atoms with E-state index >= 15 is 0 Å². The van der Waals surface area contributed by atoms with Gasteiger partial charge < -0.3 is 21.7 Å². The van der Waals surface area contributed by atoms with Crippen LogP contribution in [0.4, 0.5) is 0 Å². The number of aliphatic hydroxyl groups excluding tert-OH is 2. The molecule has 4 heteroatoms. The number of hydrogen-bond acceptors (Lipinski definition) is 4. The first-order valence-electron chi connectivity index (χ1n) is 3.16. The summed E-state index contributed by atoms with van der Waals surface area (Å²) in [6.45, 7) is 4.58. The second kappa shape index (κ2) is 160. The highest BCUT2D eigenvalue weighted by Gasteiger charge is 1.34. The van der Waals surface area contributed by atoms with Crippen LogP contribution in [0.3, 0.4) is 0 Å². The van der Waals surface area contributed by atoms with E-state index in [1.54, 1.807) is 6.92 Å². The summed E-state index contributed by atoms with van der Waals surface area (Å²) in [6, 6.07) is 0. The summed E-state index contributed by atoms with van der Waals surface area (Å²) < 4.78 is 0. The molecule has 10 heavy (non-hydrogen) atoms. The minimum absolute atomic E-state index is 0.250. The van der Waals surface area contributed by atoms with Crippen LogP contribution in [0, 0.1) is 0 Å². The molecular formula is C6H22N2O2. The highest BCUT2D eigenvalue weighted by molar-refractivity contribution is 4.00. The first-order valence-corrected chi connectivity index (χ1v) is 3.16.